The van der Waals surface area contributed by atoms with E-state index in [1.54, 1.807) is 30.5 Å². The van der Waals surface area contributed by atoms with Crippen molar-refractivity contribution in [3.8, 4) is 11.6 Å². The minimum absolute atomic E-state index is 0.182. The van der Waals surface area contributed by atoms with Crippen LogP contribution in [0.15, 0.2) is 46.0 Å². The van der Waals surface area contributed by atoms with Crippen molar-refractivity contribution < 1.29 is 14.1 Å². The van der Waals surface area contributed by atoms with Crippen LogP contribution in [-0.4, -0.2) is 28.5 Å². The lowest BCUT2D eigenvalue weighted by molar-refractivity contribution is -0.123. The largest absolute Gasteiger partial charge is 0.482 e. The standard InChI is InChI=1S/C19H19ClN4O3/c1-12-8-15(14(3)24(12)18-9-13(2)27-23-18)10-21-22-19(25)11-26-17-7-5-4-6-16(17)20/h4-10H,11H2,1-3H3,(H,22,25)/b21-10-. The predicted molar refractivity (Wildman–Crippen MR) is 103 cm³/mol. The number of aryl methyl sites for hydroxylation is 2. The predicted octanol–water partition coefficient (Wildman–Crippen LogP) is 3.57. The number of nitrogens with zero attached hydrogens (tertiary/aromatic N) is 3. The number of nitrogens with one attached hydrogen (secondary N) is 1. The highest BCUT2D eigenvalue weighted by Gasteiger charge is 2.12. The lowest BCUT2D eigenvalue weighted by Gasteiger charge is -2.06. The molecule has 0 aliphatic heterocycles. The molecule has 0 fully saturated rings. The minimum atomic E-state index is -0.382. The number of hydrazone groups is 1. The fourth-order valence-corrected chi connectivity index (χ4v) is 2.83. The first-order valence-electron chi connectivity index (χ1n) is 8.27. The third kappa shape index (κ3) is 4.38. The summed E-state index contributed by atoms with van der Waals surface area (Å²) < 4.78 is 12.5. The second-order valence-electron chi connectivity index (χ2n) is 5.97. The van der Waals surface area contributed by atoms with Crippen LogP contribution >= 0.6 is 11.6 Å². The van der Waals surface area contributed by atoms with Gasteiger partial charge in [0.05, 0.1) is 11.2 Å². The molecule has 0 saturated carbocycles. The highest BCUT2D eigenvalue weighted by molar-refractivity contribution is 6.32. The summed E-state index contributed by atoms with van der Waals surface area (Å²) >= 11 is 5.98. The molecule has 0 unspecified atom stereocenters. The molecule has 140 valence electrons. The molecule has 7 nitrogen and oxygen atoms in total. The van der Waals surface area contributed by atoms with E-state index in [9.17, 15) is 4.79 Å². The number of aromatic nitrogens is 2. The fraction of sp³-hybridized carbons (Fsp3) is 0.211. The van der Waals surface area contributed by atoms with Gasteiger partial charge in [0.25, 0.3) is 5.91 Å². The summed E-state index contributed by atoms with van der Waals surface area (Å²) in [5, 5.41) is 8.48. The second kappa shape index (κ2) is 8.09. The molecule has 0 aliphatic rings. The summed E-state index contributed by atoms with van der Waals surface area (Å²) in [5.74, 6) is 1.51. The van der Waals surface area contributed by atoms with Gasteiger partial charge in [-0.15, -0.1) is 0 Å². The number of amides is 1. The van der Waals surface area contributed by atoms with Gasteiger partial charge >= 0.3 is 0 Å². The van der Waals surface area contributed by atoms with Crippen LogP contribution in [0.4, 0.5) is 0 Å². The van der Waals surface area contributed by atoms with Gasteiger partial charge in [-0.25, -0.2) is 5.43 Å². The van der Waals surface area contributed by atoms with Crippen molar-refractivity contribution in [3.63, 3.8) is 0 Å². The summed E-state index contributed by atoms with van der Waals surface area (Å²) in [4.78, 5) is 11.9. The number of hydrogen-bond acceptors (Lipinski definition) is 5. The molecule has 3 aromatic rings. The van der Waals surface area contributed by atoms with Gasteiger partial charge in [-0.1, -0.05) is 28.9 Å². The molecule has 1 N–H and O–H groups in total. The number of halogens is 1. The highest BCUT2D eigenvalue weighted by atomic mass is 35.5. The van der Waals surface area contributed by atoms with Gasteiger partial charge in [-0.2, -0.15) is 5.10 Å². The molecule has 27 heavy (non-hydrogen) atoms. The maximum atomic E-state index is 11.9. The number of ether oxygens (including phenoxy) is 1. The fourth-order valence-electron chi connectivity index (χ4n) is 2.64. The van der Waals surface area contributed by atoms with Gasteiger partial charge in [0.15, 0.2) is 12.4 Å². The maximum absolute atomic E-state index is 11.9. The van der Waals surface area contributed by atoms with Crippen molar-refractivity contribution in [2.75, 3.05) is 6.61 Å². The lowest BCUT2D eigenvalue weighted by Crippen LogP contribution is -2.24. The highest BCUT2D eigenvalue weighted by Crippen LogP contribution is 2.23. The van der Waals surface area contributed by atoms with Crippen LogP contribution in [0.25, 0.3) is 5.82 Å². The van der Waals surface area contributed by atoms with Gasteiger partial charge in [0.1, 0.15) is 11.5 Å². The Morgan fingerprint density at radius 2 is 2.11 bits per heavy atom. The zero-order valence-corrected chi connectivity index (χ0v) is 15.9. The Labute approximate surface area is 161 Å². The average Bonchev–Trinajstić information content (AvgIpc) is 3.17. The Balaban J connectivity index is 1.61. The van der Waals surface area contributed by atoms with Gasteiger partial charge in [0.2, 0.25) is 0 Å². The van der Waals surface area contributed by atoms with E-state index in [-0.39, 0.29) is 12.5 Å². The van der Waals surface area contributed by atoms with Crippen LogP contribution in [-0.2, 0) is 4.79 Å². The van der Waals surface area contributed by atoms with Crippen molar-refractivity contribution in [1.29, 1.82) is 0 Å². The number of carbonyl (C=O) groups excluding carboxylic acids is 1. The Morgan fingerprint density at radius 1 is 1.33 bits per heavy atom. The monoisotopic (exact) mass is 386 g/mol. The Hall–Kier alpha value is -3.06. The lowest BCUT2D eigenvalue weighted by atomic mass is 10.3. The molecule has 2 aromatic heterocycles. The molecule has 2 heterocycles. The summed E-state index contributed by atoms with van der Waals surface area (Å²) in [6.07, 6.45) is 1.58. The zero-order chi connectivity index (χ0) is 19.4. The smallest absolute Gasteiger partial charge is 0.277 e. The van der Waals surface area contributed by atoms with E-state index >= 15 is 0 Å². The van der Waals surface area contributed by atoms with E-state index in [0.29, 0.717) is 16.6 Å². The van der Waals surface area contributed by atoms with Crippen LogP contribution < -0.4 is 10.2 Å². The molecule has 1 amide bonds. The average molecular weight is 387 g/mol. The molecule has 0 atom stereocenters. The molecule has 0 radical (unpaired) electrons. The first-order chi connectivity index (χ1) is 13.0. The van der Waals surface area contributed by atoms with Crippen LogP contribution in [0.2, 0.25) is 5.02 Å². The third-order valence-corrected chi connectivity index (χ3v) is 4.22. The van der Waals surface area contributed by atoms with E-state index in [1.807, 2.05) is 37.5 Å². The quantitative estimate of drug-likeness (QED) is 0.518. The van der Waals surface area contributed by atoms with Crippen molar-refractivity contribution in [1.82, 2.24) is 15.1 Å². The number of hydrogen-bond donors (Lipinski definition) is 1. The van der Waals surface area contributed by atoms with E-state index in [0.717, 1.165) is 22.7 Å². The molecule has 1 aromatic carbocycles. The Bertz CT molecular complexity index is 991. The summed E-state index contributed by atoms with van der Waals surface area (Å²) in [6.45, 7) is 5.57. The first-order valence-corrected chi connectivity index (χ1v) is 8.65. The molecule has 0 saturated heterocycles. The zero-order valence-electron chi connectivity index (χ0n) is 15.2. The molecular weight excluding hydrogens is 368 g/mol. The van der Waals surface area contributed by atoms with Crippen LogP contribution in [0.1, 0.15) is 22.7 Å². The van der Waals surface area contributed by atoms with E-state index in [1.165, 1.54) is 0 Å². The number of para-hydroxylation sites is 1. The minimum Gasteiger partial charge on any atom is -0.482 e. The normalized spacial score (nSPS) is 11.1. The molecule has 3 rings (SSSR count). The van der Waals surface area contributed by atoms with E-state index in [2.05, 4.69) is 15.7 Å². The van der Waals surface area contributed by atoms with Gasteiger partial charge in [0, 0.05) is 23.0 Å². The molecule has 0 spiro atoms. The van der Waals surface area contributed by atoms with E-state index in [4.69, 9.17) is 20.9 Å². The topological polar surface area (TPSA) is 81.7 Å². The van der Waals surface area contributed by atoms with Gasteiger partial charge < -0.3 is 9.26 Å². The van der Waals surface area contributed by atoms with Gasteiger partial charge in [-0.05, 0) is 39.0 Å². The number of rotatable bonds is 6. The van der Waals surface area contributed by atoms with Crippen molar-refractivity contribution in [2.24, 2.45) is 5.10 Å². The first kappa shape index (κ1) is 18.7. The molecule has 8 heteroatoms. The van der Waals surface area contributed by atoms with Crippen molar-refractivity contribution >= 4 is 23.7 Å². The Kier molecular flexibility index (Phi) is 5.61. The van der Waals surface area contributed by atoms with Gasteiger partial charge in [-0.3, -0.25) is 9.36 Å². The second-order valence-corrected chi connectivity index (χ2v) is 6.38. The summed E-state index contributed by atoms with van der Waals surface area (Å²) in [7, 11) is 0. The van der Waals surface area contributed by atoms with Crippen LogP contribution in [0, 0.1) is 20.8 Å². The van der Waals surface area contributed by atoms with Crippen molar-refractivity contribution in [3.05, 3.63) is 64.1 Å². The summed E-state index contributed by atoms with van der Waals surface area (Å²) in [5.41, 5.74) is 5.22. The number of benzene rings is 1. The molecular formula is C19H19ClN4O3. The summed E-state index contributed by atoms with van der Waals surface area (Å²) in [6, 6.07) is 10.8. The molecule has 0 bridgehead atoms. The molecule has 0 aliphatic carbocycles. The van der Waals surface area contributed by atoms with E-state index < -0.39 is 0 Å². The van der Waals surface area contributed by atoms with Crippen LogP contribution in [0.5, 0.6) is 5.75 Å². The third-order valence-electron chi connectivity index (χ3n) is 3.90. The maximum Gasteiger partial charge on any atom is 0.277 e. The van der Waals surface area contributed by atoms with Crippen LogP contribution in [0.3, 0.4) is 0 Å². The Morgan fingerprint density at radius 3 is 2.81 bits per heavy atom. The number of carbonyl (C=O) groups is 1. The SMILES string of the molecule is Cc1cc(-n2c(C)cc(/C=N\NC(=O)COc3ccccc3Cl)c2C)no1. The van der Waals surface area contributed by atoms with Crippen molar-refractivity contribution in [2.45, 2.75) is 20.8 Å².